The SMILES string of the molecule is CC1=CC[C]([Fe][C]2=CC=CC2)=C1C(=O)O. The van der Waals surface area contributed by atoms with Crippen LogP contribution in [0.15, 0.2) is 44.4 Å². The Morgan fingerprint density at radius 1 is 1.47 bits per heavy atom. The summed E-state index contributed by atoms with van der Waals surface area (Å²) in [7, 11) is 0. The Kier molecular flexibility index (Phi) is 2.94. The van der Waals surface area contributed by atoms with Crippen molar-refractivity contribution in [3.8, 4) is 0 Å². The molecule has 0 saturated heterocycles. The third-order valence-corrected chi connectivity index (χ3v) is 3.99. The Balaban J connectivity index is 2.18. The van der Waals surface area contributed by atoms with Crippen LogP contribution in [0.3, 0.4) is 0 Å². The van der Waals surface area contributed by atoms with Gasteiger partial charge in [0.1, 0.15) is 0 Å². The van der Waals surface area contributed by atoms with E-state index >= 15 is 0 Å². The van der Waals surface area contributed by atoms with Gasteiger partial charge in [-0.3, -0.25) is 0 Å². The second-order valence-electron chi connectivity index (χ2n) is 3.48. The molecular weight excluding hydrogens is 232 g/mol. The number of carbonyl (C=O) groups is 1. The molecule has 80 valence electrons. The molecule has 1 N–H and O–H groups in total. The first-order valence-electron chi connectivity index (χ1n) is 4.80. The van der Waals surface area contributed by atoms with E-state index in [4.69, 9.17) is 5.11 Å². The molecule has 0 aliphatic heterocycles. The van der Waals surface area contributed by atoms with Gasteiger partial charge >= 0.3 is 95.0 Å². The molecule has 0 fully saturated rings. The zero-order valence-electron chi connectivity index (χ0n) is 8.43. The van der Waals surface area contributed by atoms with E-state index in [9.17, 15) is 4.79 Å². The molecule has 0 saturated carbocycles. The predicted octanol–water partition coefficient (Wildman–Crippen LogP) is 2.60. The molecule has 2 aliphatic rings. The van der Waals surface area contributed by atoms with E-state index in [1.54, 1.807) is 0 Å². The van der Waals surface area contributed by atoms with Gasteiger partial charge in [-0.25, -0.2) is 0 Å². The van der Waals surface area contributed by atoms with E-state index < -0.39 is 5.97 Å². The third-order valence-electron chi connectivity index (χ3n) is 2.39. The van der Waals surface area contributed by atoms with Crippen LogP contribution < -0.4 is 0 Å². The molecule has 0 aromatic heterocycles. The van der Waals surface area contributed by atoms with Crippen molar-refractivity contribution in [1.82, 2.24) is 0 Å². The minimum absolute atomic E-state index is 0.530. The van der Waals surface area contributed by atoms with Crippen molar-refractivity contribution in [2.45, 2.75) is 19.8 Å². The summed E-state index contributed by atoms with van der Waals surface area (Å²) in [5, 5.41) is 9.09. The third kappa shape index (κ3) is 2.14. The second kappa shape index (κ2) is 4.21. The van der Waals surface area contributed by atoms with E-state index in [2.05, 4.69) is 12.2 Å². The van der Waals surface area contributed by atoms with Crippen molar-refractivity contribution < 1.29 is 24.9 Å². The summed E-state index contributed by atoms with van der Waals surface area (Å²) in [6.07, 6.45) is 9.99. The number of carboxylic acids is 1. The normalized spacial score (nSPS) is 19.8. The molecule has 0 heterocycles. The van der Waals surface area contributed by atoms with Crippen molar-refractivity contribution in [1.29, 1.82) is 0 Å². The van der Waals surface area contributed by atoms with E-state index in [-0.39, 0.29) is 0 Å². The van der Waals surface area contributed by atoms with Crippen LogP contribution in [0.25, 0.3) is 0 Å². The molecule has 0 radical (unpaired) electrons. The van der Waals surface area contributed by atoms with Gasteiger partial charge in [-0.15, -0.1) is 0 Å². The molecular formula is C12H12FeO2. The first-order chi connectivity index (χ1) is 7.18. The van der Waals surface area contributed by atoms with Gasteiger partial charge in [-0.05, 0) is 0 Å². The van der Waals surface area contributed by atoms with Crippen LogP contribution in [0.2, 0.25) is 0 Å². The zero-order valence-corrected chi connectivity index (χ0v) is 9.54. The van der Waals surface area contributed by atoms with Gasteiger partial charge in [0.15, 0.2) is 0 Å². The number of carboxylic acid groups (broad SMARTS) is 1. The van der Waals surface area contributed by atoms with Crippen LogP contribution >= 0.6 is 0 Å². The van der Waals surface area contributed by atoms with E-state index in [1.165, 1.54) is 4.47 Å². The van der Waals surface area contributed by atoms with Crippen LogP contribution in [0.5, 0.6) is 0 Å². The first-order valence-corrected chi connectivity index (χ1v) is 5.90. The molecule has 15 heavy (non-hydrogen) atoms. The van der Waals surface area contributed by atoms with Crippen LogP contribution in [0.4, 0.5) is 0 Å². The van der Waals surface area contributed by atoms with Crippen molar-refractivity contribution >= 4 is 5.97 Å². The molecule has 0 aromatic carbocycles. The molecule has 0 aromatic rings. The van der Waals surface area contributed by atoms with Crippen molar-refractivity contribution in [2.24, 2.45) is 0 Å². The summed E-state index contributed by atoms with van der Waals surface area (Å²) >= 11 is 0.808. The topological polar surface area (TPSA) is 37.3 Å². The predicted molar refractivity (Wildman–Crippen MR) is 54.9 cm³/mol. The summed E-state index contributed by atoms with van der Waals surface area (Å²) < 4.78 is 2.36. The van der Waals surface area contributed by atoms with Gasteiger partial charge in [-0.1, -0.05) is 0 Å². The van der Waals surface area contributed by atoms with E-state index in [0.717, 1.165) is 37.8 Å². The average molecular weight is 244 g/mol. The summed E-state index contributed by atoms with van der Waals surface area (Å²) in [6, 6.07) is 0. The quantitative estimate of drug-likeness (QED) is 0.774. The van der Waals surface area contributed by atoms with Gasteiger partial charge < -0.3 is 0 Å². The van der Waals surface area contributed by atoms with Gasteiger partial charge in [0, 0.05) is 0 Å². The Morgan fingerprint density at radius 2 is 2.27 bits per heavy atom. The Labute approximate surface area is 95.2 Å². The molecule has 0 unspecified atom stereocenters. The minimum atomic E-state index is -0.789. The molecule has 0 atom stereocenters. The summed E-state index contributed by atoms with van der Waals surface area (Å²) in [5.41, 5.74) is 1.44. The monoisotopic (exact) mass is 244 g/mol. The maximum absolute atomic E-state index is 11.1. The number of allylic oxidation sites excluding steroid dienone is 6. The molecule has 0 amide bonds. The molecule has 3 heteroatoms. The van der Waals surface area contributed by atoms with Crippen LogP contribution in [-0.4, -0.2) is 11.1 Å². The van der Waals surface area contributed by atoms with Gasteiger partial charge in [-0.2, -0.15) is 0 Å². The molecule has 2 rings (SSSR count). The van der Waals surface area contributed by atoms with Gasteiger partial charge in [0.2, 0.25) is 0 Å². The molecule has 0 spiro atoms. The fourth-order valence-corrected chi connectivity index (χ4v) is 3.20. The average Bonchev–Trinajstić information content (AvgIpc) is 2.76. The maximum atomic E-state index is 11.1. The number of hydrogen-bond acceptors (Lipinski definition) is 1. The zero-order chi connectivity index (χ0) is 10.8. The van der Waals surface area contributed by atoms with Crippen molar-refractivity contribution in [3.63, 3.8) is 0 Å². The second-order valence-corrected chi connectivity index (χ2v) is 5.13. The number of aliphatic carboxylic acids is 1. The molecule has 2 nitrogen and oxygen atoms in total. The molecule has 0 bridgehead atoms. The fraction of sp³-hybridized carbons (Fsp3) is 0.250. The summed E-state index contributed by atoms with van der Waals surface area (Å²) in [6.45, 7) is 1.87. The van der Waals surface area contributed by atoms with E-state index in [1.807, 2.05) is 19.1 Å². The Morgan fingerprint density at radius 3 is 2.87 bits per heavy atom. The van der Waals surface area contributed by atoms with Gasteiger partial charge in [0.05, 0.1) is 0 Å². The standard InChI is InChI=1S/C7H7O2.C5H5.Fe/c1-5-3-2-4-6(5)7(8)9;1-2-4-5-3-1;/h3H,2H2,1H3,(H,8,9);1-3H,4H2;. The number of rotatable bonds is 3. The summed E-state index contributed by atoms with van der Waals surface area (Å²) in [4.78, 5) is 11.1. The van der Waals surface area contributed by atoms with E-state index in [0.29, 0.717) is 5.57 Å². The van der Waals surface area contributed by atoms with Gasteiger partial charge in [0.25, 0.3) is 0 Å². The first kappa shape index (κ1) is 10.5. The van der Waals surface area contributed by atoms with Crippen LogP contribution in [0.1, 0.15) is 19.8 Å². The van der Waals surface area contributed by atoms with Crippen molar-refractivity contribution in [2.75, 3.05) is 0 Å². The van der Waals surface area contributed by atoms with Crippen LogP contribution in [0, 0.1) is 0 Å². The molecule has 2 aliphatic carbocycles. The fourth-order valence-electron chi connectivity index (χ4n) is 1.63. The number of hydrogen-bond donors (Lipinski definition) is 1. The Bertz CT molecular complexity index is 425. The Hall–Kier alpha value is -1.05. The summed E-state index contributed by atoms with van der Waals surface area (Å²) in [5.74, 6) is -0.789. The van der Waals surface area contributed by atoms with Crippen LogP contribution in [-0.2, 0) is 19.8 Å². The van der Waals surface area contributed by atoms with Crippen molar-refractivity contribution in [3.05, 3.63) is 44.4 Å².